The quantitative estimate of drug-likeness (QED) is 0.722. The van der Waals surface area contributed by atoms with Gasteiger partial charge in [-0.15, -0.1) is 5.10 Å². The molecule has 4 rings (SSSR count). The van der Waals surface area contributed by atoms with Crippen molar-refractivity contribution in [3.63, 3.8) is 0 Å². The number of hydrogen-bond acceptors (Lipinski definition) is 7. The number of nitrogens with one attached hydrogen (secondary N) is 1. The van der Waals surface area contributed by atoms with Crippen LogP contribution in [0, 0.1) is 5.82 Å². The molecule has 1 aliphatic heterocycles. The molecule has 0 spiro atoms. The smallest absolute Gasteiger partial charge is 0.329 e. The molecule has 0 amide bonds. The summed E-state index contributed by atoms with van der Waals surface area (Å²) in [5, 5.41) is 11.4. The number of sulfonamides is 1. The van der Waals surface area contributed by atoms with Crippen molar-refractivity contribution in [2.24, 2.45) is 0 Å². The summed E-state index contributed by atoms with van der Waals surface area (Å²) < 4.78 is 52.7. The second-order valence-corrected chi connectivity index (χ2v) is 7.31. The zero-order chi connectivity index (χ0) is 18.1. The lowest BCUT2D eigenvalue weighted by atomic mass is 10.2. The molecule has 1 atom stereocenters. The van der Waals surface area contributed by atoms with Gasteiger partial charge < -0.3 is 9.15 Å². The van der Waals surface area contributed by atoms with Crippen LogP contribution >= 0.6 is 0 Å². The number of nitrogens with zero attached hydrogens (tertiary/aromatic N) is 4. The molecule has 3 aromatic rings. The maximum atomic E-state index is 13.8. The number of para-hydroxylation sites is 1. The molecule has 0 bridgehead atoms. The van der Waals surface area contributed by atoms with Gasteiger partial charge in [0.25, 0.3) is 10.0 Å². The second-order valence-electron chi connectivity index (χ2n) is 5.62. The van der Waals surface area contributed by atoms with Gasteiger partial charge in [-0.1, -0.05) is 17.2 Å². The third-order valence-corrected chi connectivity index (χ3v) is 5.11. The number of benzene rings is 1. The summed E-state index contributed by atoms with van der Waals surface area (Å²) in [6.45, 7) is 0.601. The highest BCUT2D eigenvalue weighted by Crippen LogP contribution is 2.28. The van der Waals surface area contributed by atoms with Crippen molar-refractivity contribution >= 4 is 16.0 Å². The Morgan fingerprint density at radius 3 is 2.88 bits per heavy atom. The summed E-state index contributed by atoms with van der Waals surface area (Å²) in [6.07, 6.45) is 3.60. The molecule has 26 heavy (non-hydrogen) atoms. The standard InChI is InChI=1S/C15H14FN5O4S/c16-11-4-1-2-5-12(11)21-9-10(8-17-21)26(22,23)20-15-19-18-14(25-15)13-6-3-7-24-13/h1-2,4-5,8-9,13H,3,6-7H2,(H,19,20). The molecular formula is C15H14FN5O4S. The monoisotopic (exact) mass is 379 g/mol. The second kappa shape index (κ2) is 6.50. The summed E-state index contributed by atoms with van der Waals surface area (Å²) >= 11 is 0. The number of halogens is 1. The van der Waals surface area contributed by atoms with E-state index in [0.717, 1.165) is 23.7 Å². The molecular weight excluding hydrogens is 365 g/mol. The van der Waals surface area contributed by atoms with Crippen molar-refractivity contribution in [3.05, 3.63) is 48.4 Å². The maximum absolute atomic E-state index is 13.8. The van der Waals surface area contributed by atoms with E-state index in [1.165, 1.54) is 24.4 Å². The molecule has 1 saturated heterocycles. The zero-order valence-electron chi connectivity index (χ0n) is 13.4. The third kappa shape index (κ3) is 3.18. The minimum Gasteiger partial charge on any atom is -0.405 e. The first-order chi connectivity index (χ1) is 12.5. The highest BCUT2D eigenvalue weighted by molar-refractivity contribution is 7.92. The van der Waals surface area contributed by atoms with Gasteiger partial charge in [-0.05, 0) is 25.0 Å². The Labute approximate surface area is 147 Å². The molecule has 11 heteroatoms. The van der Waals surface area contributed by atoms with Crippen LogP contribution in [0.1, 0.15) is 24.8 Å². The number of rotatable bonds is 5. The first kappa shape index (κ1) is 16.7. The van der Waals surface area contributed by atoms with Crippen LogP contribution < -0.4 is 4.72 Å². The van der Waals surface area contributed by atoms with Crippen molar-refractivity contribution in [3.8, 4) is 5.69 Å². The predicted octanol–water partition coefficient (Wildman–Crippen LogP) is 2.05. The molecule has 0 radical (unpaired) electrons. The van der Waals surface area contributed by atoms with Crippen molar-refractivity contribution < 1.29 is 22.0 Å². The number of hydrogen-bond donors (Lipinski definition) is 1. The van der Waals surface area contributed by atoms with Gasteiger partial charge in [-0.2, -0.15) is 5.10 Å². The van der Waals surface area contributed by atoms with Crippen molar-refractivity contribution in [1.29, 1.82) is 0 Å². The van der Waals surface area contributed by atoms with E-state index >= 15 is 0 Å². The molecule has 136 valence electrons. The van der Waals surface area contributed by atoms with E-state index in [2.05, 4.69) is 20.0 Å². The molecule has 1 unspecified atom stereocenters. The van der Waals surface area contributed by atoms with Gasteiger partial charge in [-0.25, -0.2) is 22.2 Å². The van der Waals surface area contributed by atoms with E-state index in [1.54, 1.807) is 6.07 Å². The van der Waals surface area contributed by atoms with E-state index in [-0.39, 0.29) is 28.6 Å². The van der Waals surface area contributed by atoms with Gasteiger partial charge in [0.05, 0.1) is 12.4 Å². The van der Waals surface area contributed by atoms with Gasteiger partial charge in [0.15, 0.2) is 0 Å². The SMILES string of the molecule is O=S(=O)(Nc1nnc(C2CCCO2)o1)c1cnn(-c2ccccc2F)c1. The lowest BCUT2D eigenvalue weighted by molar-refractivity contribution is 0.0898. The van der Waals surface area contributed by atoms with Crippen LogP contribution in [0.5, 0.6) is 0 Å². The molecule has 2 aromatic heterocycles. The molecule has 0 saturated carbocycles. The number of aromatic nitrogens is 4. The van der Waals surface area contributed by atoms with E-state index in [1.807, 2.05) is 0 Å². The molecule has 0 aliphatic carbocycles. The number of ether oxygens (including phenoxy) is 1. The first-order valence-corrected chi connectivity index (χ1v) is 9.29. The summed E-state index contributed by atoms with van der Waals surface area (Å²) in [5.41, 5.74) is 0.132. The normalized spacial score (nSPS) is 17.5. The maximum Gasteiger partial charge on any atom is 0.329 e. The summed E-state index contributed by atoms with van der Waals surface area (Å²) in [6, 6.07) is 5.63. The molecule has 1 aromatic carbocycles. The topological polar surface area (TPSA) is 112 Å². The fourth-order valence-corrected chi connectivity index (χ4v) is 3.42. The average Bonchev–Trinajstić information content (AvgIpc) is 3.36. The molecule has 1 N–H and O–H groups in total. The van der Waals surface area contributed by atoms with Gasteiger partial charge in [0, 0.05) is 6.61 Å². The molecule has 1 aliphatic rings. The summed E-state index contributed by atoms with van der Waals surface area (Å²) in [7, 11) is -4.02. The fraction of sp³-hybridized carbons (Fsp3) is 0.267. The minimum absolute atomic E-state index is 0.132. The van der Waals surface area contributed by atoms with Crippen molar-refractivity contribution in [2.45, 2.75) is 23.8 Å². The first-order valence-electron chi connectivity index (χ1n) is 7.80. The van der Waals surface area contributed by atoms with Gasteiger partial charge in [0.1, 0.15) is 22.5 Å². The van der Waals surface area contributed by atoms with Crippen LogP contribution in [0.15, 0.2) is 46.0 Å². The van der Waals surface area contributed by atoms with E-state index < -0.39 is 15.8 Å². The van der Waals surface area contributed by atoms with Crippen molar-refractivity contribution in [1.82, 2.24) is 20.0 Å². The lowest BCUT2D eigenvalue weighted by Gasteiger charge is -2.03. The summed E-state index contributed by atoms with van der Waals surface area (Å²) in [4.78, 5) is -0.169. The third-order valence-electron chi connectivity index (χ3n) is 3.84. The predicted molar refractivity (Wildman–Crippen MR) is 86.6 cm³/mol. The zero-order valence-corrected chi connectivity index (χ0v) is 14.2. The Morgan fingerprint density at radius 1 is 1.27 bits per heavy atom. The van der Waals surface area contributed by atoms with Crippen LogP contribution in [0.4, 0.5) is 10.4 Å². The van der Waals surface area contributed by atoms with Crippen LogP contribution in [0.25, 0.3) is 5.69 Å². The Kier molecular flexibility index (Phi) is 4.17. The highest BCUT2D eigenvalue weighted by atomic mass is 32.2. The number of anilines is 1. The van der Waals surface area contributed by atoms with Crippen molar-refractivity contribution in [2.75, 3.05) is 11.3 Å². The Morgan fingerprint density at radius 2 is 2.12 bits per heavy atom. The Bertz CT molecular complexity index is 1030. The van der Waals surface area contributed by atoms with Gasteiger partial charge >= 0.3 is 6.01 Å². The minimum atomic E-state index is -4.02. The average molecular weight is 379 g/mol. The highest BCUT2D eigenvalue weighted by Gasteiger charge is 2.26. The fourth-order valence-electron chi connectivity index (χ4n) is 2.57. The molecule has 3 heterocycles. The van der Waals surface area contributed by atoms with E-state index in [0.29, 0.717) is 6.61 Å². The largest absolute Gasteiger partial charge is 0.405 e. The Hall–Kier alpha value is -2.79. The summed E-state index contributed by atoms with van der Waals surface area (Å²) in [5.74, 6) is -0.298. The van der Waals surface area contributed by atoms with Gasteiger partial charge in [0.2, 0.25) is 5.89 Å². The van der Waals surface area contributed by atoms with Gasteiger partial charge in [-0.3, -0.25) is 0 Å². The van der Waals surface area contributed by atoms with Crippen LogP contribution in [0.2, 0.25) is 0 Å². The van der Waals surface area contributed by atoms with Crippen LogP contribution in [-0.2, 0) is 14.8 Å². The lowest BCUT2D eigenvalue weighted by Crippen LogP contribution is -2.12. The van der Waals surface area contributed by atoms with Crippen LogP contribution in [0.3, 0.4) is 0 Å². The van der Waals surface area contributed by atoms with E-state index in [9.17, 15) is 12.8 Å². The molecule has 9 nitrogen and oxygen atoms in total. The van der Waals surface area contributed by atoms with E-state index in [4.69, 9.17) is 9.15 Å². The molecule has 1 fully saturated rings. The van der Waals surface area contributed by atoms with Crippen LogP contribution in [-0.4, -0.2) is 35.0 Å². The Balaban J connectivity index is 1.55.